The third-order valence-corrected chi connectivity index (χ3v) is 3.00. The van der Waals surface area contributed by atoms with Crippen LogP contribution in [0.5, 0.6) is 5.75 Å². The minimum atomic E-state index is -0.160. The van der Waals surface area contributed by atoms with Crippen LogP contribution in [0.4, 0.5) is 4.79 Å². The van der Waals surface area contributed by atoms with E-state index in [0.717, 1.165) is 31.5 Å². The SMILES string of the molecule is O=C(NCc1cccc(O)c1)NC1CCCNC1. The van der Waals surface area contributed by atoms with Crippen LogP contribution in [0, 0.1) is 0 Å². The Morgan fingerprint density at radius 3 is 3.11 bits per heavy atom. The van der Waals surface area contributed by atoms with E-state index in [1.54, 1.807) is 18.2 Å². The zero-order chi connectivity index (χ0) is 12.8. The number of hydrogen-bond acceptors (Lipinski definition) is 3. The van der Waals surface area contributed by atoms with Gasteiger partial charge in [-0.2, -0.15) is 0 Å². The Bertz CT molecular complexity index is 403. The number of rotatable bonds is 3. The molecular weight excluding hydrogens is 230 g/mol. The average Bonchev–Trinajstić information content (AvgIpc) is 2.38. The van der Waals surface area contributed by atoms with Crippen LogP contribution in [0.2, 0.25) is 0 Å². The zero-order valence-electron chi connectivity index (χ0n) is 10.3. The second kappa shape index (κ2) is 6.26. The maximum absolute atomic E-state index is 11.7. The molecule has 18 heavy (non-hydrogen) atoms. The number of amides is 2. The molecule has 1 aromatic rings. The summed E-state index contributed by atoms with van der Waals surface area (Å²) in [6.45, 7) is 2.28. The van der Waals surface area contributed by atoms with Crippen molar-refractivity contribution in [2.75, 3.05) is 13.1 Å². The molecule has 0 radical (unpaired) electrons. The fourth-order valence-electron chi connectivity index (χ4n) is 2.06. The van der Waals surface area contributed by atoms with Crippen molar-refractivity contribution in [3.05, 3.63) is 29.8 Å². The van der Waals surface area contributed by atoms with Crippen LogP contribution < -0.4 is 16.0 Å². The number of phenols is 1. The molecule has 1 heterocycles. The van der Waals surface area contributed by atoms with E-state index in [0.29, 0.717) is 6.54 Å². The highest BCUT2D eigenvalue weighted by molar-refractivity contribution is 5.74. The molecule has 1 saturated heterocycles. The van der Waals surface area contributed by atoms with Gasteiger partial charge in [-0.1, -0.05) is 12.1 Å². The summed E-state index contributed by atoms with van der Waals surface area (Å²) in [5.74, 6) is 0.214. The molecule has 0 saturated carbocycles. The third kappa shape index (κ3) is 3.92. The zero-order valence-corrected chi connectivity index (χ0v) is 10.3. The van der Waals surface area contributed by atoms with Crippen LogP contribution in [0.25, 0.3) is 0 Å². The number of piperidine rings is 1. The number of carbonyl (C=O) groups excluding carboxylic acids is 1. The Morgan fingerprint density at radius 1 is 1.50 bits per heavy atom. The van der Waals surface area contributed by atoms with E-state index in [1.807, 2.05) is 6.07 Å². The predicted octanol–water partition coefficient (Wildman–Crippen LogP) is 0.943. The van der Waals surface area contributed by atoms with Crippen molar-refractivity contribution >= 4 is 6.03 Å². The molecule has 1 aliphatic rings. The van der Waals surface area contributed by atoms with Gasteiger partial charge in [0.2, 0.25) is 0 Å². The van der Waals surface area contributed by atoms with Gasteiger partial charge in [0.05, 0.1) is 0 Å². The quantitative estimate of drug-likeness (QED) is 0.644. The third-order valence-electron chi connectivity index (χ3n) is 3.00. The van der Waals surface area contributed by atoms with Gasteiger partial charge in [0.25, 0.3) is 0 Å². The minimum Gasteiger partial charge on any atom is -0.508 e. The molecule has 2 amide bonds. The van der Waals surface area contributed by atoms with Crippen molar-refractivity contribution in [2.24, 2.45) is 0 Å². The van der Waals surface area contributed by atoms with E-state index in [9.17, 15) is 9.90 Å². The van der Waals surface area contributed by atoms with Crippen LogP contribution >= 0.6 is 0 Å². The van der Waals surface area contributed by atoms with Crippen molar-refractivity contribution in [1.82, 2.24) is 16.0 Å². The molecule has 98 valence electrons. The van der Waals surface area contributed by atoms with Gasteiger partial charge in [-0.05, 0) is 37.1 Å². The van der Waals surface area contributed by atoms with E-state index >= 15 is 0 Å². The van der Waals surface area contributed by atoms with Crippen LogP contribution in [0.1, 0.15) is 18.4 Å². The number of nitrogens with one attached hydrogen (secondary N) is 3. The molecule has 0 aromatic heterocycles. The number of urea groups is 1. The Balaban J connectivity index is 1.74. The second-order valence-corrected chi connectivity index (χ2v) is 4.54. The Morgan fingerprint density at radius 2 is 2.39 bits per heavy atom. The largest absolute Gasteiger partial charge is 0.508 e. The van der Waals surface area contributed by atoms with Gasteiger partial charge in [-0.3, -0.25) is 0 Å². The number of carbonyl (C=O) groups is 1. The molecule has 5 nitrogen and oxygen atoms in total. The Labute approximate surface area is 107 Å². The lowest BCUT2D eigenvalue weighted by Crippen LogP contribution is -2.48. The second-order valence-electron chi connectivity index (χ2n) is 4.54. The molecule has 1 unspecified atom stereocenters. The number of aromatic hydroxyl groups is 1. The molecule has 0 spiro atoms. The normalized spacial score (nSPS) is 19.2. The minimum absolute atomic E-state index is 0.160. The molecule has 4 N–H and O–H groups in total. The first-order chi connectivity index (χ1) is 8.74. The van der Waals surface area contributed by atoms with Crippen LogP contribution in [-0.2, 0) is 6.54 Å². The molecule has 1 aromatic carbocycles. The molecule has 0 aliphatic carbocycles. The smallest absolute Gasteiger partial charge is 0.315 e. The first kappa shape index (κ1) is 12.7. The summed E-state index contributed by atoms with van der Waals surface area (Å²) in [6.07, 6.45) is 2.12. The molecule has 0 bridgehead atoms. The van der Waals surface area contributed by atoms with Gasteiger partial charge in [0.1, 0.15) is 5.75 Å². The van der Waals surface area contributed by atoms with Crippen molar-refractivity contribution < 1.29 is 9.90 Å². The van der Waals surface area contributed by atoms with E-state index in [2.05, 4.69) is 16.0 Å². The van der Waals surface area contributed by atoms with Crippen molar-refractivity contribution in [2.45, 2.75) is 25.4 Å². The fourth-order valence-corrected chi connectivity index (χ4v) is 2.06. The fraction of sp³-hybridized carbons (Fsp3) is 0.462. The summed E-state index contributed by atoms with van der Waals surface area (Å²) in [7, 11) is 0. The van der Waals surface area contributed by atoms with Gasteiger partial charge >= 0.3 is 6.03 Å². The molecular formula is C13H19N3O2. The topological polar surface area (TPSA) is 73.4 Å². The highest BCUT2D eigenvalue weighted by Crippen LogP contribution is 2.10. The Hall–Kier alpha value is -1.75. The summed E-state index contributed by atoms with van der Waals surface area (Å²) in [4.78, 5) is 11.7. The molecule has 1 aliphatic heterocycles. The summed E-state index contributed by atoms with van der Waals surface area (Å²) >= 11 is 0. The summed E-state index contributed by atoms with van der Waals surface area (Å²) in [5, 5.41) is 18.3. The predicted molar refractivity (Wildman–Crippen MR) is 69.4 cm³/mol. The number of benzene rings is 1. The van der Waals surface area contributed by atoms with Crippen molar-refractivity contribution in [3.63, 3.8) is 0 Å². The van der Waals surface area contributed by atoms with Crippen molar-refractivity contribution in [3.8, 4) is 5.75 Å². The molecule has 1 atom stereocenters. The van der Waals surface area contributed by atoms with Gasteiger partial charge in [0.15, 0.2) is 0 Å². The monoisotopic (exact) mass is 249 g/mol. The summed E-state index contributed by atoms with van der Waals surface area (Å²) < 4.78 is 0. The van der Waals surface area contributed by atoms with Gasteiger partial charge < -0.3 is 21.1 Å². The van der Waals surface area contributed by atoms with E-state index in [-0.39, 0.29) is 17.8 Å². The lowest BCUT2D eigenvalue weighted by Gasteiger charge is -2.23. The van der Waals surface area contributed by atoms with E-state index in [4.69, 9.17) is 0 Å². The lowest BCUT2D eigenvalue weighted by atomic mass is 10.1. The Kier molecular flexibility index (Phi) is 4.41. The van der Waals surface area contributed by atoms with Crippen molar-refractivity contribution in [1.29, 1.82) is 0 Å². The van der Waals surface area contributed by atoms with Crippen LogP contribution in [0.3, 0.4) is 0 Å². The summed E-state index contributed by atoms with van der Waals surface area (Å²) in [6, 6.07) is 6.92. The molecule has 1 fully saturated rings. The van der Waals surface area contributed by atoms with Gasteiger partial charge in [0, 0.05) is 19.1 Å². The summed E-state index contributed by atoms with van der Waals surface area (Å²) in [5.41, 5.74) is 0.881. The highest BCUT2D eigenvalue weighted by Gasteiger charge is 2.14. The maximum atomic E-state index is 11.7. The van der Waals surface area contributed by atoms with Crippen LogP contribution in [0.15, 0.2) is 24.3 Å². The average molecular weight is 249 g/mol. The number of phenolic OH excluding ortho intramolecular Hbond substituents is 1. The van der Waals surface area contributed by atoms with E-state index in [1.165, 1.54) is 0 Å². The first-order valence-corrected chi connectivity index (χ1v) is 6.27. The van der Waals surface area contributed by atoms with Crippen LogP contribution in [-0.4, -0.2) is 30.3 Å². The molecule has 5 heteroatoms. The molecule has 2 rings (SSSR count). The van der Waals surface area contributed by atoms with Gasteiger partial charge in [-0.25, -0.2) is 4.79 Å². The van der Waals surface area contributed by atoms with Gasteiger partial charge in [-0.15, -0.1) is 0 Å². The first-order valence-electron chi connectivity index (χ1n) is 6.27. The standard InChI is InChI=1S/C13H19N3O2/c17-12-5-1-3-10(7-12)8-15-13(18)16-11-4-2-6-14-9-11/h1,3,5,7,11,14,17H,2,4,6,8-9H2,(H2,15,16,18). The lowest BCUT2D eigenvalue weighted by molar-refractivity contribution is 0.233. The van der Waals surface area contributed by atoms with E-state index < -0.39 is 0 Å². The maximum Gasteiger partial charge on any atom is 0.315 e. The highest BCUT2D eigenvalue weighted by atomic mass is 16.3. The number of hydrogen-bond donors (Lipinski definition) is 4.